The molecule has 2 rings (SSSR count). The second-order valence-electron chi connectivity index (χ2n) is 4.42. The summed E-state index contributed by atoms with van der Waals surface area (Å²) in [5.41, 5.74) is 1.83. The minimum atomic E-state index is -0.419. The molecular formula is C15H15NO4S. The largest absolute Gasteiger partial charge is 0.465 e. The quantitative estimate of drug-likeness (QED) is 0.813. The number of benzene rings is 1. The Kier molecular flexibility index (Phi) is 4.70. The topological polar surface area (TPSA) is 65.5 Å². The number of esters is 2. The van der Waals surface area contributed by atoms with E-state index in [-0.39, 0.29) is 6.61 Å². The maximum Gasteiger partial charge on any atom is 0.350 e. The van der Waals surface area contributed by atoms with E-state index in [1.165, 1.54) is 18.4 Å². The van der Waals surface area contributed by atoms with Gasteiger partial charge in [0.25, 0.3) is 0 Å². The van der Waals surface area contributed by atoms with Crippen LogP contribution < -0.4 is 0 Å². The summed E-state index contributed by atoms with van der Waals surface area (Å²) in [5, 5.41) is 0.826. The predicted octanol–water partition coefficient (Wildman–Crippen LogP) is 2.90. The highest BCUT2D eigenvalue weighted by Crippen LogP contribution is 2.19. The zero-order valence-electron chi connectivity index (χ0n) is 12.0. The molecule has 110 valence electrons. The average molecular weight is 305 g/mol. The summed E-state index contributed by atoms with van der Waals surface area (Å²) in [4.78, 5) is 28.1. The maximum atomic E-state index is 12.0. The van der Waals surface area contributed by atoms with Crippen LogP contribution in [0.3, 0.4) is 0 Å². The minimum Gasteiger partial charge on any atom is -0.465 e. The molecular weight excluding hydrogens is 290 g/mol. The number of hydrogen-bond acceptors (Lipinski definition) is 6. The Morgan fingerprint density at radius 1 is 1.24 bits per heavy atom. The molecule has 0 saturated carbocycles. The van der Waals surface area contributed by atoms with Crippen molar-refractivity contribution < 1.29 is 19.1 Å². The third kappa shape index (κ3) is 3.66. The summed E-state index contributed by atoms with van der Waals surface area (Å²) in [6.45, 7) is 3.71. The number of methoxy groups -OCH3 is 1. The molecule has 0 aliphatic rings. The molecule has 0 fully saturated rings. The Labute approximate surface area is 126 Å². The van der Waals surface area contributed by atoms with Crippen molar-refractivity contribution in [3.63, 3.8) is 0 Å². The zero-order valence-corrected chi connectivity index (χ0v) is 12.8. The number of rotatable bonds is 4. The number of aryl methyl sites for hydroxylation is 2. The molecule has 0 saturated heterocycles. The lowest BCUT2D eigenvalue weighted by atomic mass is 10.1. The normalized spacial score (nSPS) is 10.2. The van der Waals surface area contributed by atoms with Crippen molar-refractivity contribution in [3.8, 4) is 0 Å². The highest BCUT2D eigenvalue weighted by molar-refractivity contribution is 7.13. The molecule has 0 radical (unpaired) electrons. The van der Waals surface area contributed by atoms with Gasteiger partial charge < -0.3 is 9.47 Å². The Hall–Kier alpha value is -2.21. The van der Waals surface area contributed by atoms with Gasteiger partial charge in [-0.05, 0) is 31.5 Å². The van der Waals surface area contributed by atoms with Gasteiger partial charge in [0.1, 0.15) is 11.5 Å². The number of carbonyl (C=O) groups is 2. The molecule has 0 amide bonds. The maximum absolute atomic E-state index is 12.0. The Balaban J connectivity index is 2.04. The Bertz CT molecular complexity index is 678. The molecule has 0 spiro atoms. The van der Waals surface area contributed by atoms with E-state index in [0.717, 1.165) is 10.6 Å². The van der Waals surface area contributed by atoms with Gasteiger partial charge >= 0.3 is 11.9 Å². The lowest BCUT2D eigenvalue weighted by Gasteiger charge is -2.05. The van der Waals surface area contributed by atoms with Crippen LogP contribution in [0.4, 0.5) is 0 Å². The molecule has 6 heteroatoms. The van der Waals surface area contributed by atoms with Gasteiger partial charge in [-0.2, -0.15) is 0 Å². The Morgan fingerprint density at radius 3 is 2.62 bits per heavy atom. The first-order valence-electron chi connectivity index (χ1n) is 6.29. The summed E-state index contributed by atoms with van der Waals surface area (Å²) >= 11 is 1.31. The fraction of sp³-hybridized carbons (Fsp3) is 0.267. The van der Waals surface area contributed by atoms with E-state index in [9.17, 15) is 9.59 Å². The van der Waals surface area contributed by atoms with Crippen LogP contribution in [-0.2, 0) is 16.1 Å². The third-order valence-electron chi connectivity index (χ3n) is 2.81. The van der Waals surface area contributed by atoms with Gasteiger partial charge in [0.15, 0.2) is 0 Å². The number of aromatic nitrogens is 1. The average Bonchev–Trinajstić information content (AvgIpc) is 2.83. The number of ether oxygens (including phenoxy) is 2. The molecule has 0 bridgehead atoms. The molecule has 0 unspecified atom stereocenters. The lowest BCUT2D eigenvalue weighted by Crippen LogP contribution is -2.06. The first-order valence-corrected chi connectivity index (χ1v) is 7.11. The van der Waals surface area contributed by atoms with Crippen LogP contribution in [0.1, 0.15) is 36.3 Å². The highest BCUT2D eigenvalue weighted by Gasteiger charge is 2.15. The van der Waals surface area contributed by atoms with Gasteiger partial charge in [-0.1, -0.05) is 12.1 Å². The molecule has 0 aliphatic carbocycles. The van der Waals surface area contributed by atoms with Crippen LogP contribution in [-0.4, -0.2) is 24.0 Å². The SMILES string of the molecule is COC(=O)c1cccc(COC(=O)c2sc(C)nc2C)c1. The van der Waals surface area contributed by atoms with Crippen LogP contribution in [0, 0.1) is 13.8 Å². The highest BCUT2D eigenvalue weighted by atomic mass is 32.1. The molecule has 1 aromatic carbocycles. The van der Waals surface area contributed by atoms with Crippen molar-refractivity contribution in [1.29, 1.82) is 0 Å². The molecule has 5 nitrogen and oxygen atoms in total. The number of nitrogens with zero attached hydrogens (tertiary/aromatic N) is 1. The van der Waals surface area contributed by atoms with Crippen LogP contribution in [0.2, 0.25) is 0 Å². The van der Waals surface area contributed by atoms with Gasteiger partial charge in [-0.15, -0.1) is 11.3 Å². The summed E-state index contributed by atoms with van der Waals surface area (Å²) in [6.07, 6.45) is 0. The molecule has 2 aromatic rings. The van der Waals surface area contributed by atoms with Crippen molar-refractivity contribution in [2.75, 3.05) is 7.11 Å². The molecule has 21 heavy (non-hydrogen) atoms. The number of thiazole rings is 1. The Morgan fingerprint density at radius 2 is 2.00 bits per heavy atom. The van der Waals surface area contributed by atoms with Crippen molar-refractivity contribution >= 4 is 23.3 Å². The first-order chi connectivity index (χ1) is 10.0. The second-order valence-corrected chi connectivity index (χ2v) is 5.62. The van der Waals surface area contributed by atoms with Gasteiger partial charge in [0.2, 0.25) is 0 Å². The van der Waals surface area contributed by atoms with Gasteiger partial charge in [-0.25, -0.2) is 14.6 Å². The van der Waals surface area contributed by atoms with E-state index in [2.05, 4.69) is 9.72 Å². The van der Waals surface area contributed by atoms with Crippen LogP contribution >= 0.6 is 11.3 Å². The fourth-order valence-electron chi connectivity index (χ4n) is 1.84. The van der Waals surface area contributed by atoms with E-state index >= 15 is 0 Å². The molecule has 0 N–H and O–H groups in total. The summed E-state index contributed by atoms with van der Waals surface area (Å²) in [7, 11) is 1.32. The predicted molar refractivity (Wildman–Crippen MR) is 78.5 cm³/mol. The van der Waals surface area contributed by atoms with Crippen molar-refractivity contribution in [1.82, 2.24) is 4.98 Å². The number of carbonyl (C=O) groups excluding carboxylic acids is 2. The first kappa shape index (κ1) is 15.2. The van der Waals surface area contributed by atoms with Gasteiger partial charge in [-0.3, -0.25) is 0 Å². The van der Waals surface area contributed by atoms with Crippen LogP contribution in [0.25, 0.3) is 0 Å². The van der Waals surface area contributed by atoms with Crippen molar-refractivity contribution in [2.45, 2.75) is 20.5 Å². The molecule has 0 aliphatic heterocycles. The summed E-state index contributed by atoms with van der Waals surface area (Å²) in [6, 6.07) is 6.79. The van der Waals surface area contributed by atoms with Crippen molar-refractivity contribution in [3.05, 3.63) is 51.0 Å². The van der Waals surface area contributed by atoms with E-state index in [1.807, 2.05) is 6.92 Å². The van der Waals surface area contributed by atoms with Crippen molar-refractivity contribution in [2.24, 2.45) is 0 Å². The van der Waals surface area contributed by atoms with Crippen LogP contribution in [0.5, 0.6) is 0 Å². The molecule has 1 heterocycles. The monoisotopic (exact) mass is 305 g/mol. The van der Waals surface area contributed by atoms with Gasteiger partial charge in [0, 0.05) is 0 Å². The lowest BCUT2D eigenvalue weighted by molar-refractivity contribution is 0.0477. The standard InChI is InChI=1S/C15H15NO4S/c1-9-13(21-10(2)16-9)15(18)20-8-11-5-4-6-12(7-11)14(17)19-3/h4-7H,8H2,1-3H3. The summed E-state index contributed by atoms with van der Waals surface area (Å²) in [5.74, 6) is -0.821. The van der Waals surface area contributed by atoms with E-state index < -0.39 is 11.9 Å². The van der Waals surface area contributed by atoms with E-state index in [1.54, 1.807) is 31.2 Å². The van der Waals surface area contributed by atoms with Gasteiger partial charge in [0.05, 0.1) is 23.4 Å². The third-order valence-corrected chi connectivity index (χ3v) is 3.86. The molecule has 0 atom stereocenters. The van der Waals surface area contributed by atoms with E-state index in [0.29, 0.717) is 16.1 Å². The zero-order chi connectivity index (χ0) is 15.4. The fourth-order valence-corrected chi connectivity index (χ4v) is 2.65. The summed E-state index contributed by atoms with van der Waals surface area (Å²) < 4.78 is 9.91. The number of hydrogen-bond donors (Lipinski definition) is 0. The van der Waals surface area contributed by atoms with E-state index in [4.69, 9.17) is 4.74 Å². The smallest absolute Gasteiger partial charge is 0.350 e. The second kappa shape index (κ2) is 6.49. The minimum absolute atomic E-state index is 0.0973. The van der Waals surface area contributed by atoms with Crippen LogP contribution in [0.15, 0.2) is 24.3 Å². The molecule has 1 aromatic heterocycles.